The second-order valence-electron chi connectivity index (χ2n) is 13.2. The number of aryl methyl sites for hydroxylation is 1. The van der Waals surface area contributed by atoms with E-state index in [9.17, 15) is 14.4 Å². The van der Waals surface area contributed by atoms with Crippen LogP contribution in [0, 0.1) is 0 Å². The number of amides is 4. The number of carbonyl (C=O) groups excluding carboxylic acids is 3. The second-order valence-corrected chi connectivity index (χ2v) is 15.3. The lowest BCUT2D eigenvalue weighted by Gasteiger charge is -2.27. The van der Waals surface area contributed by atoms with Crippen molar-refractivity contribution in [3.05, 3.63) is 117 Å². The van der Waals surface area contributed by atoms with Crippen LogP contribution < -0.4 is 19.5 Å². The number of benzene rings is 2. The fourth-order valence-electron chi connectivity index (χ4n) is 5.63. The molecule has 12 nitrogen and oxygen atoms in total. The van der Waals surface area contributed by atoms with Gasteiger partial charge in [0.2, 0.25) is 5.91 Å². The quantitative estimate of drug-likeness (QED) is 0.0423. The first kappa shape index (κ1) is 41.7. The van der Waals surface area contributed by atoms with Gasteiger partial charge in [-0.3, -0.25) is 4.79 Å². The molecule has 4 amide bonds. The van der Waals surface area contributed by atoms with Crippen molar-refractivity contribution in [2.45, 2.75) is 76.5 Å². The Hall–Kier alpha value is -4.09. The molecular formula is C38H49IN8O4S2. The average Bonchev–Trinajstić information content (AvgIpc) is 3.78. The molecule has 4 aromatic rings. The molecule has 3 atom stereocenters. The predicted octanol–water partition coefficient (Wildman–Crippen LogP) is 6.31. The summed E-state index contributed by atoms with van der Waals surface area (Å²) in [6, 6.07) is 18.0. The molecule has 2 heterocycles. The number of imidazole rings is 1. The number of alkyl carbamates (subject to hydrolysis) is 1. The highest BCUT2D eigenvalue weighted by atomic mass is 127. The number of hydrogen-bond acceptors (Lipinski definition) is 9. The molecule has 0 spiro atoms. The third-order valence-corrected chi connectivity index (χ3v) is 10.1. The third-order valence-electron chi connectivity index (χ3n) is 8.35. The van der Waals surface area contributed by atoms with Gasteiger partial charge in [-0.25, -0.2) is 19.6 Å². The number of thiol groups is 1. The van der Waals surface area contributed by atoms with Gasteiger partial charge in [0.1, 0.15) is 12.6 Å². The van der Waals surface area contributed by atoms with E-state index in [0.717, 1.165) is 21.8 Å². The first-order valence-corrected chi connectivity index (χ1v) is 19.9. The van der Waals surface area contributed by atoms with Crippen LogP contribution in [0.25, 0.3) is 0 Å². The molecule has 15 heteroatoms. The summed E-state index contributed by atoms with van der Waals surface area (Å²) in [6.07, 6.45) is 7.02. The van der Waals surface area contributed by atoms with Crippen LogP contribution in [0.15, 0.2) is 89.7 Å². The van der Waals surface area contributed by atoms with Gasteiger partial charge in [0.25, 0.3) is 0 Å². The maximum Gasteiger partial charge on any atom is 0.407 e. The zero-order valence-electron chi connectivity index (χ0n) is 30.5. The Labute approximate surface area is 335 Å². The highest BCUT2D eigenvalue weighted by Crippen LogP contribution is 2.20. The van der Waals surface area contributed by atoms with Crippen LogP contribution in [-0.4, -0.2) is 69.2 Å². The number of nitrogens with one attached hydrogen (secondary N) is 4. The Morgan fingerprint density at radius 2 is 1.57 bits per heavy atom. The topological polar surface area (TPSA) is 143 Å². The Morgan fingerprint density at radius 1 is 0.943 bits per heavy atom. The average molecular weight is 873 g/mol. The molecule has 0 aliphatic carbocycles. The van der Waals surface area contributed by atoms with E-state index in [1.807, 2.05) is 107 Å². The molecule has 0 radical (unpaired) electrons. The Kier molecular flexibility index (Phi) is 17.0. The number of hydrogen-bond donors (Lipinski definition) is 5. The number of halogens is 1. The first-order valence-electron chi connectivity index (χ1n) is 17.5. The highest BCUT2D eigenvalue weighted by Gasteiger charge is 2.27. The zero-order chi connectivity index (χ0) is 38.2. The van der Waals surface area contributed by atoms with Crippen LogP contribution >= 0.6 is 46.8 Å². The van der Waals surface area contributed by atoms with Crippen LogP contribution in [0.3, 0.4) is 0 Å². The van der Waals surface area contributed by atoms with E-state index in [4.69, 9.17) is 4.74 Å². The van der Waals surface area contributed by atoms with Crippen molar-refractivity contribution >= 4 is 64.9 Å². The van der Waals surface area contributed by atoms with Crippen molar-refractivity contribution in [2.75, 3.05) is 13.7 Å². The second kappa shape index (κ2) is 21.6. The van der Waals surface area contributed by atoms with Gasteiger partial charge in [0.15, 0.2) is 0 Å². The molecule has 0 saturated carbocycles. The first-order chi connectivity index (χ1) is 25.5. The molecule has 2 aromatic carbocycles. The van der Waals surface area contributed by atoms with Crippen molar-refractivity contribution in [1.29, 1.82) is 0 Å². The van der Waals surface area contributed by atoms with E-state index >= 15 is 0 Å². The number of ether oxygens (including phenoxy) is 1. The monoisotopic (exact) mass is 872 g/mol. The normalized spacial score (nSPS) is 13.2. The Balaban J connectivity index is 1.50. The fraction of sp³-hybridized carbons (Fsp3) is 0.395. The number of nitrogens with zero attached hydrogens (tertiary/aromatic N) is 4. The zero-order valence-corrected chi connectivity index (χ0v) is 34.4. The van der Waals surface area contributed by atoms with E-state index in [-0.39, 0.29) is 37.0 Å². The molecular weight excluding hydrogens is 824 g/mol. The van der Waals surface area contributed by atoms with Crippen LogP contribution in [-0.2, 0) is 42.4 Å². The van der Waals surface area contributed by atoms with Crippen LogP contribution in [0.2, 0.25) is 0 Å². The van der Waals surface area contributed by atoms with Crippen molar-refractivity contribution in [1.82, 2.24) is 38.9 Å². The fourth-order valence-corrected chi connectivity index (χ4v) is 7.21. The summed E-state index contributed by atoms with van der Waals surface area (Å²) in [7, 11) is 3.55. The minimum absolute atomic E-state index is 0.0248. The van der Waals surface area contributed by atoms with E-state index in [1.54, 1.807) is 30.9 Å². The van der Waals surface area contributed by atoms with Gasteiger partial charge in [-0.05, 0) is 36.8 Å². The molecule has 3 unspecified atom stereocenters. The highest BCUT2D eigenvalue weighted by molar-refractivity contribution is 14.1. The van der Waals surface area contributed by atoms with Crippen molar-refractivity contribution in [3.63, 3.8) is 0 Å². The molecule has 0 aliphatic heterocycles. The summed E-state index contributed by atoms with van der Waals surface area (Å²) in [5.74, 6) is -0.0220. The Bertz CT molecular complexity index is 1770. The summed E-state index contributed by atoms with van der Waals surface area (Å²) in [5.41, 5.74) is 3.59. The minimum Gasteiger partial charge on any atom is -0.444 e. The SMILES string of the molecule is CC(C)c1nc(CN(C)C(=O)NC(Cc2cn(C)cn2)C(=O)NC(CCC(Cc2ccccc2)NC(=O)OC/C(S)=C/NI)Cc2ccccc2)cs1. The number of thiazole rings is 1. The van der Waals surface area contributed by atoms with Gasteiger partial charge in [0.05, 0.1) is 52.1 Å². The molecule has 0 bridgehead atoms. The Morgan fingerprint density at radius 3 is 2.11 bits per heavy atom. The van der Waals surface area contributed by atoms with Gasteiger partial charge >= 0.3 is 12.1 Å². The van der Waals surface area contributed by atoms with Gasteiger partial charge < -0.3 is 33.7 Å². The van der Waals surface area contributed by atoms with Crippen molar-refractivity contribution in [2.24, 2.45) is 7.05 Å². The lowest BCUT2D eigenvalue weighted by atomic mass is 9.95. The summed E-state index contributed by atoms with van der Waals surface area (Å²) >= 11 is 7.86. The van der Waals surface area contributed by atoms with E-state index in [2.05, 4.69) is 55.9 Å². The van der Waals surface area contributed by atoms with E-state index < -0.39 is 12.1 Å². The van der Waals surface area contributed by atoms with Crippen LogP contribution in [0.4, 0.5) is 9.59 Å². The lowest BCUT2D eigenvalue weighted by Crippen LogP contribution is -2.53. The van der Waals surface area contributed by atoms with E-state index in [1.165, 1.54) is 4.90 Å². The van der Waals surface area contributed by atoms with Crippen molar-refractivity contribution in [3.8, 4) is 0 Å². The summed E-state index contributed by atoms with van der Waals surface area (Å²) < 4.78 is 10.1. The molecule has 4 N–H and O–H groups in total. The number of aromatic nitrogens is 3. The smallest absolute Gasteiger partial charge is 0.407 e. The minimum atomic E-state index is -0.895. The van der Waals surface area contributed by atoms with Gasteiger partial charge in [0, 0.05) is 61.2 Å². The van der Waals surface area contributed by atoms with Gasteiger partial charge in [-0.2, -0.15) is 0 Å². The lowest BCUT2D eigenvalue weighted by molar-refractivity contribution is -0.123. The molecule has 4 rings (SSSR count). The predicted molar refractivity (Wildman–Crippen MR) is 221 cm³/mol. The maximum atomic E-state index is 14.2. The summed E-state index contributed by atoms with van der Waals surface area (Å²) in [5, 5.41) is 12.2. The number of urea groups is 1. The number of carbonyl (C=O) groups is 3. The largest absolute Gasteiger partial charge is 0.444 e. The van der Waals surface area contributed by atoms with Gasteiger partial charge in [-0.15, -0.1) is 24.0 Å². The maximum absolute atomic E-state index is 14.2. The standard InChI is InChI=1S/C38H49IN8O4S2/c1-26(2)36-43-32(24-53-36)22-47(4)37(49)45-34(19-31-21-46(3)25-40-31)35(48)42-29(17-27-11-7-5-8-12-27)15-16-30(18-28-13-9-6-10-14-28)44-38(50)51-23-33(52)20-41-39/h5-14,20-21,24-26,29-30,34,41,52H,15-19,22-23H2,1-4H3,(H,42,48)(H,44,50)(H,45,49)/b33-20-. The summed E-state index contributed by atoms with van der Waals surface area (Å²) in [4.78, 5) is 51.8. The molecule has 284 valence electrons. The third kappa shape index (κ3) is 14.7. The molecule has 53 heavy (non-hydrogen) atoms. The molecule has 0 aliphatic rings. The molecule has 0 saturated heterocycles. The van der Waals surface area contributed by atoms with Gasteiger partial charge in [-0.1, -0.05) is 74.5 Å². The number of rotatable bonds is 19. The van der Waals surface area contributed by atoms with Crippen LogP contribution in [0.5, 0.6) is 0 Å². The van der Waals surface area contributed by atoms with Crippen molar-refractivity contribution < 1.29 is 19.1 Å². The molecule has 0 fully saturated rings. The van der Waals surface area contributed by atoms with E-state index in [0.29, 0.717) is 48.7 Å². The molecule has 2 aromatic heterocycles. The van der Waals surface area contributed by atoms with Crippen LogP contribution in [0.1, 0.15) is 60.1 Å². The summed E-state index contributed by atoms with van der Waals surface area (Å²) in [6.45, 7) is 4.50.